The van der Waals surface area contributed by atoms with Crippen LogP contribution in [0, 0.1) is 0 Å². The standard InChI is InChI=1S/C19H19BrF3N3O2S/c20-16-7-6-15(29-16)18(28)26-9-3-8-25(10-11-26)12-17(27)24-14-5-2-1-4-13(14)19(21,22)23/h1-2,4-7H,3,8-12H2,(H,24,27). The minimum Gasteiger partial charge on any atom is -0.337 e. The van der Waals surface area contributed by atoms with Crippen LogP contribution in [0.1, 0.15) is 21.7 Å². The van der Waals surface area contributed by atoms with Crippen molar-refractivity contribution in [2.24, 2.45) is 0 Å². The molecule has 1 saturated heterocycles. The molecule has 1 N–H and O–H groups in total. The summed E-state index contributed by atoms with van der Waals surface area (Å²) in [4.78, 5) is 29.1. The van der Waals surface area contributed by atoms with E-state index in [-0.39, 0.29) is 18.1 Å². The summed E-state index contributed by atoms with van der Waals surface area (Å²) in [5, 5.41) is 2.36. The highest BCUT2D eigenvalue weighted by atomic mass is 79.9. The van der Waals surface area contributed by atoms with E-state index in [0.29, 0.717) is 37.5 Å². The summed E-state index contributed by atoms with van der Waals surface area (Å²) in [6.45, 7) is 2.07. The molecule has 3 rings (SSSR count). The van der Waals surface area contributed by atoms with Crippen molar-refractivity contribution in [1.29, 1.82) is 0 Å². The zero-order valence-electron chi connectivity index (χ0n) is 15.3. The van der Waals surface area contributed by atoms with Gasteiger partial charge in [-0.2, -0.15) is 13.2 Å². The Morgan fingerprint density at radius 3 is 2.52 bits per heavy atom. The molecule has 0 atom stereocenters. The van der Waals surface area contributed by atoms with Crippen LogP contribution in [0.25, 0.3) is 0 Å². The molecule has 0 aliphatic carbocycles. The normalized spacial score (nSPS) is 15.8. The highest BCUT2D eigenvalue weighted by Crippen LogP contribution is 2.34. The van der Waals surface area contributed by atoms with Crippen molar-refractivity contribution in [3.8, 4) is 0 Å². The Balaban J connectivity index is 1.57. The molecule has 2 amide bonds. The van der Waals surface area contributed by atoms with E-state index in [1.165, 1.54) is 29.5 Å². The molecule has 1 aromatic carbocycles. The van der Waals surface area contributed by atoms with E-state index in [9.17, 15) is 22.8 Å². The fraction of sp³-hybridized carbons (Fsp3) is 0.368. The van der Waals surface area contributed by atoms with E-state index in [1.807, 2.05) is 11.0 Å². The lowest BCUT2D eigenvalue weighted by Gasteiger charge is -2.21. The van der Waals surface area contributed by atoms with Crippen LogP contribution in [-0.4, -0.2) is 54.3 Å². The fourth-order valence-electron chi connectivity index (χ4n) is 3.15. The van der Waals surface area contributed by atoms with E-state index >= 15 is 0 Å². The van der Waals surface area contributed by atoms with E-state index in [4.69, 9.17) is 0 Å². The van der Waals surface area contributed by atoms with Gasteiger partial charge in [0.05, 0.1) is 26.5 Å². The molecular weight excluding hydrogens is 471 g/mol. The second kappa shape index (κ2) is 9.27. The van der Waals surface area contributed by atoms with Gasteiger partial charge in [-0.15, -0.1) is 11.3 Å². The third kappa shape index (κ3) is 5.80. The van der Waals surface area contributed by atoms with Gasteiger partial charge in [0, 0.05) is 26.2 Å². The number of hydrogen-bond acceptors (Lipinski definition) is 4. The maximum atomic E-state index is 13.1. The maximum Gasteiger partial charge on any atom is 0.418 e. The molecule has 29 heavy (non-hydrogen) atoms. The first-order valence-electron chi connectivity index (χ1n) is 8.97. The molecule has 2 aromatic rings. The van der Waals surface area contributed by atoms with Crippen molar-refractivity contribution in [3.05, 3.63) is 50.6 Å². The number of carbonyl (C=O) groups excluding carboxylic acids is 2. The molecule has 156 valence electrons. The molecule has 1 aliphatic heterocycles. The van der Waals surface area contributed by atoms with Gasteiger partial charge in [0.1, 0.15) is 0 Å². The van der Waals surface area contributed by atoms with Gasteiger partial charge in [0.15, 0.2) is 0 Å². The third-order valence-corrected chi connectivity index (χ3v) is 6.15. The Morgan fingerprint density at radius 1 is 1.07 bits per heavy atom. The van der Waals surface area contributed by atoms with Crippen molar-refractivity contribution >= 4 is 44.8 Å². The summed E-state index contributed by atoms with van der Waals surface area (Å²) in [5.74, 6) is -0.560. The Bertz CT molecular complexity index is 888. The minimum atomic E-state index is -4.54. The molecule has 0 bridgehead atoms. The number of hydrogen-bond donors (Lipinski definition) is 1. The second-order valence-corrected chi connectivity index (χ2v) is 9.08. The zero-order valence-corrected chi connectivity index (χ0v) is 17.7. The predicted molar refractivity (Wildman–Crippen MR) is 109 cm³/mol. The van der Waals surface area contributed by atoms with Crippen LogP contribution in [0.3, 0.4) is 0 Å². The monoisotopic (exact) mass is 489 g/mol. The topological polar surface area (TPSA) is 52.7 Å². The van der Waals surface area contributed by atoms with Crippen molar-refractivity contribution in [1.82, 2.24) is 9.80 Å². The number of amides is 2. The van der Waals surface area contributed by atoms with Gasteiger partial charge in [-0.25, -0.2) is 0 Å². The number of halogens is 4. The number of anilines is 1. The molecule has 0 saturated carbocycles. The van der Waals surface area contributed by atoms with E-state index in [0.717, 1.165) is 9.85 Å². The number of nitrogens with one attached hydrogen (secondary N) is 1. The number of benzene rings is 1. The first-order valence-corrected chi connectivity index (χ1v) is 10.6. The van der Waals surface area contributed by atoms with Gasteiger partial charge in [-0.1, -0.05) is 12.1 Å². The maximum absolute atomic E-state index is 13.1. The highest BCUT2D eigenvalue weighted by molar-refractivity contribution is 9.11. The van der Waals surface area contributed by atoms with E-state index < -0.39 is 17.6 Å². The Hall–Kier alpha value is -1.91. The highest BCUT2D eigenvalue weighted by Gasteiger charge is 2.33. The van der Waals surface area contributed by atoms with Crippen LogP contribution in [0.5, 0.6) is 0 Å². The summed E-state index contributed by atoms with van der Waals surface area (Å²) in [6.07, 6.45) is -3.85. The molecule has 1 aliphatic rings. The van der Waals surface area contributed by atoms with Crippen LogP contribution in [0.4, 0.5) is 18.9 Å². The Labute approximate surface area is 178 Å². The van der Waals surface area contributed by atoms with Crippen molar-refractivity contribution in [2.75, 3.05) is 38.0 Å². The molecule has 10 heteroatoms. The summed E-state index contributed by atoms with van der Waals surface area (Å²) >= 11 is 4.71. The molecule has 5 nitrogen and oxygen atoms in total. The number of carbonyl (C=O) groups is 2. The van der Waals surface area contributed by atoms with Gasteiger partial charge < -0.3 is 10.2 Å². The van der Waals surface area contributed by atoms with Crippen LogP contribution in [0.15, 0.2) is 40.2 Å². The zero-order chi connectivity index (χ0) is 21.0. The van der Waals surface area contributed by atoms with E-state index in [1.54, 1.807) is 11.0 Å². The minimum absolute atomic E-state index is 0.0290. The molecule has 2 heterocycles. The summed E-state index contributed by atoms with van der Waals surface area (Å²) in [7, 11) is 0. The lowest BCUT2D eigenvalue weighted by molar-refractivity contribution is -0.137. The average molecular weight is 490 g/mol. The molecule has 0 spiro atoms. The van der Waals surface area contributed by atoms with Gasteiger partial charge in [-0.3, -0.25) is 14.5 Å². The first kappa shape index (κ1) is 21.8. The SMILES string of the molecule is O=C(CN1CCCN(C(=O)c2ccc(Br)s2)CC1)Nc1ccccc1C(F)(F)F. The third-order valence-electron chi connectivity index (χ3n) is 4.53. The van der Waals surface area contributed by atoms with Crippen LogP contribution in [-0.2, 0) is 11.0 Å². The average Bonchev–Trinajstić information content (AvgIpc) is 2.96. The van der Waals surface area contributed by atoms with Crippen LogP contribution >= 0.6 is 27.3 Å². The number of rotatable bonds is 4. The number of alkyl halides is 3. The summed E-state index contributed by atoms with van der Waals surface area (Å²) in [6, 6.07) is 8.50. The number of para-hydroxylation sites is 1. The smallest absolute Gasteiger partial charge is 0.337 e. The van der Waals surface area contributed by atoms with Crippen LogP contribution < -0.4 is 5.32 Å². The molecular formula is C19H19BrF3N3O2S. The van der Waals surface area contributed by atoms with Gasteiger partial charge >= 0.3 is 6.18 Å². The van der Waals surface area contributed by atoms with Crippen LogP contribution in [0.2, 0.25) is 0 Å². The largest absolute Gasteiger partial charge is 0.418 e. The van der Waals surface area contributed by atoms with Gasteiger partial charge in [0.2, 0.25) is 5.91 Å². The Morgan fingerprint density at radius 2 is 1.83 bits per heavy atom. The molecule has 0 unspecified atom stereocenters. The summed E-state index contributed by atoms with van der Waals surface area (Å²) in [5.41, 5.74) is -1.12. The van der Waals surface area contributed by atoms with E-state index in [2.05, 4.69) is 21.2 Å². The molecule has 1 fully saturated rings. The number of thiophene rings is 1. The van der Waals surface area contributed by atoms with Crippen molar-refractivity contribution in [3.63, 3.8) is 0 Å². The summed E-state index contributed by atoms with van der Waals surface area (Å²) < 4.78 is 40.1. The quantitative estimate of drug-likeness (QED) is 0.695. The van der Waals surface area contributed by atoms with Gasteiger partial charge in [-0.05, 0) is 46.6 Å². The lowest BCUT2D eigenvalue weighted by Crippen LogP contribution is -2.38. The van der Waals surface area contributed by atoms with Crippen molar-refractivity contribution < 1.29 is 22.8 Å². The molecule has 1 aromatic heterocycles. The van der Waals surface area contributed by atoms with Gasteiger partial charge in [0.25, 0.3) is 5.91 Å². The first-order chi connectivity index (χ1) is 13.7. The van der Waals surface area contributed by atoms with Crippen molar-refractivity contribution in [2.45, 2.75) is 12.6 Å². The molecule has 0 radical (unpaired) electrons. The number of nitrogens with zero attached hydrogens (tertiary/aromatic N) is 2. The fourth-order valence-corrected chi connectivity index (χ4v) is 4.50. The Kier molecular flexibility index (Phi) is 6.97. The predicted octanol–water partition coefficient (Wildman–Crippen LogP) is 4.32. The second-order valence-electron chi connectivity index (χ2n) is 6.62. The lowest BCUT2D eigenvalue weighted by atomic mass is 10.1.